The lowest BCUT2D eigenvalue weighted by Crippen LogP contribution is -2.61. The Morgan fingerprint density at radius 1 is 1.33 bits per heavy atom. The van der Waals surface area contributed by atoms with Gasteiger partial charge in [-0.05, 0) is 12.1 Å². The van der Waals surface area contributed by atoms with Crippen molar-refractivity contribution in [1.29, 1.82) is 0 Å². The number of hydrogen-bond acceptors (Lipinski definition) is 3. The Kier molecular flexibility index (Phi) is 3.60. The summed E-state index contributed by atoms with van der Waals surface area (Å²) >= 11 is 0. The van der Waals surface area contributed by atoms with Crippen molar-refractivity contribution in [2.24, 2.45) is 5.92 Å². The Morgan fingerprint density at radius 3 is 2.50 bits per heavy atom. The number of carbonyl (C=O) groups is 2. The molecule has 18 heavy (non-hydrogen) atoms. The molecule has 1 aromatic heterocycles. The molecule has 5 nitrogen and oxygen atoms in total. The number of carbonyl (C=O) groups excluding carboxylic acids is 2. The number of amides is 2. The van der Waals surface area contributed by atoms with Crippen molar-refractivity contribution in [3.05, 3.63) is 30.1 Å². The molecule has 1 fully saturated rings. The van der Waals surface area contributed by atoms with E-state index in [2.05, 4.69) is 10.3 Å². The van der Waals surface area contributed by atoms with E-state index in [0.717, 1.165) is 0 Å². The summed E-state index contributed by atoms with van der Waals surface area (Å²) in [4.78, 5) is 29.0. The molecule has 2 heterocycles. The zero-order chi connectivity index (χ0) is 13.1. The molecule has 0 unspecified atom stereocenters. The van der Waals surface area contributed by atoms with E-state index in [1.807, 2.05) is 13.8 Å². The van der Waals surface area contributed by atoms with Crippen LogP contribution in [0.5, 0.6) is 0 Å². The smallest absolute Gasteiger partial charge is 0.254 e. The lowest BCUT2D eigenvalue weighted by atomic mass is 10.1. The first-order valence-electron chi connectivity index (χ1n) is 6.07. The zero-order valence-corrected chi connectivity index (χ0v) is 10.6. The summed E-state index contributed by atoms with van der Waals surface area (Å²) in [6.45, 7) is 4.88. The van der Waals surface area contributed by atoms with Gasteiger partial charge in [0.1, 0.15) is 0 Å². The Balaban J connectivity index is 1.83. The summed E-state index contributed by atoms with van der Waals surface area (Å²) in [7, 11) is 0. The number of pyridine rings is 1. The maximum absolute atomic E-state index is 12.0. The van der Waals surface area contributed by atoms with Crippen LogP contribution >= 0.6 is 0 Å². The van der Waals surface area contributed by atoms with E-state index < -0.39 is 0 Å². The summed E-state index contributed by atoms with van der Waals surface area (Å²) in [5.74, 6) is 0.0124. The first-order chi connectivity index (χ1) is 8.58. The molecule has 0 atom stereocenters. The summed E-state index contributed by atoms with van der Waals surface area (Å²) in [5.41, 5.74) is 0.638. The Bertz CT molecular complexity index is 439. The van der Waals surface area contributed by atoms with Crippen LogP contribution in [0.3, 0.4) is 0 Å². The van der Waals surface area contributed by atoms with Crippen LogP contribution in [0.1, 0.15) is 24.2 Å². The van der Waals surface area contributed by atoms with Crippen LogP contribution in [-0.2, 0) is 4.79 Å². The second-order valence-corrected chi connectivity index (χ2v) is 4.81. The van der Waals surface area contributed by atoms with Crippen molar-refractivity contribution in [1.82, 2.24) is 15.2 Å². The fourth-order valence-electron chi connectivity index (χ4n) is 1.78. The van der Waals surface area contributed by atoms with Crippen LogP contribution in [-0.4, -0.2) is 40.8 Å². The van der Waals surface area contributed by atoms with Crippen LogP contribution in [0, 0.1) is 5.92 Å². The van der Waals surface area contributed by atoms with E-state index in [1.165, 1.54) is 0 Å². The molecule has 0 aliphatic carbocycles. The summed E-state index contributed by atoms with van der Waals surface area (Å²) in [6.07, 6.45) is 3.20. The number of rotatable bonds is 3. The molecular formula is C13H17N3O2. The highest BCUT2D eigenvalue weighted by molar-refractivity contribution is 5.94. The average molecular weight is 247 g/mol. The third kappa shape index (κ3) is 2.67. The third-order valence-electron chi connectivity index (χ3n) is 2.97. The van der Waals surface area contributed by atoms with Crippen LogP contribution in [0.15, 0.2) is 24.5 Å². The van der Waals surface area contributed by atoms with Crippen molar-refractivity contribution in [3.63, 3.8) is 0 Å². The standard InChI is InChI=1S/C13H17N3O2/c1-9(2)12(17)15-11-7-16(8-11)13(18)10-3-5-14-6-4-10/h3-6,9,11H,7-8H2,1-2H3,(H,15,17). The second kappa shape index (κ2) is 5.16. The monoisotopic (exact) mass is 247 g/mol. The zero-order valence-electron chi connectivity index (χ0n) is 10.6. The van der Waals surface area contributed by atoms with Gasteiger partial charge in [-0.3, -0.25) is 14.6 Å². The molecule has 0 aromatic carbocycles. The van der Waals surface area contributed by atoms with Gasteiger partial charge in [0.25, 0.3) is 5.91 Å². The normalized spacial score (nSPS) is 15.4. The van der Waals surface area contributed by atoms with Gasteiger partial charge >= 0.3 is 0 Å². The Labute approximate surface area is 106 Å². The molecule has 96 valence electrons. The van der Waals surface area contributed by atoms with Crippen molar-refractivity contribution < 1.29 is 9.59 Å². The number of nitrogens with one attached hydrogen (secondary N) is 1. The molecule has 1 aromatic rings. The average Bonchev–Trinajstić information content (AvgIpc) is 2.33. The molecule has 0 saturated carbocycles. The second-order valence-electron chi connectivity index (χ2n) is 4.81. The van der Waals surface area contributed by atoms with E-state index in [0.29, 0.717) is 18.7 Å². The topological polar surface area (TPSA) is 62.3 Å². The molecule has 1 N–H and O–H groups in total. The Morgan fingerprint density at radius 2 is 1.94 bits per heavy atom. The molecule has 0 spiro atoms. The highest BCUT2D eigenvalue weighted by atomic mass is 16.2. The van der Waals surface area contributed by atoms with Gasteiger partial charge < -0.3 is 10.2 Å². The molecular weight excluding hydrogens is 230 g/mol. The van der Waals surface area contributed by atoms with Gasteiger partial charge in [0.2, 0.25) is 5.91 Å². The summed E-state index contributed by atoms with van der Waals surface area (Å²) in [5, 5.41) is 2.91. The molecule has 1 aliphatic heterocycles. The van der Waals surface area contributed by atoms with Crippen molar-refractivity contribution >= 4 is 11.8 Å². The highest BCUT2D eigenvalue weighted by Gasteiger charge is 2.32. The van der Waals surface area contributed by atoms with Crippen LogP contribution in [0.2, 0.25) is 0 Å². The van der Waals surface area contributed by atoms with Gasteiger partial charge in [-0.2, -0.15) is 0 Å². The van der Waals surface area contributed by atoms with Gasteiger partial charge in [0.15, 0.2) is 0 Å². The number of hydrogen-bond donors (Lipinski definition) is 1. The lowest BCUT2D eigenvalue weighted by molar-refractivity contribution is -0.125. The maximum Gasteiger partial charge on any atom is 0.254 e. The number of likely N-dealkylation sites (tertiary alicyclic amines) is 1. The minimum atomic E-state index is -0.0186. The predicted molar refractivity (Wildman–Crippen MR) is 66.9 cm³/mol. The fraction of sp³-hybridized carbons (Fsp3) is 0.462. The molecule has 0 bridgehead atoms. The third-order valence-corrected chi connectivity index (χ3v) is 2.97. The van der Waals surface area contributed by atoms with Crippen molar-refractivity contribution in [2.75, 3.05) is 13.1 Å². The summed E-state index contributed by atoms with van der Waals surface area (Å²) < 4.78 is 0. The van der Waals surface area contributed by atoms with Crippen molar-refractivity contribution in [2.45, 2.75) is 19.9 Å². The predicted octanol–water partition coefficient (Wildman–Crippen LogP) is 0.678. The lowest BCUT2D eigenvalue weighted by Gasteiger charge is -2.39. The van der Waals surface area contributed by atoms with Crippen LogP contribution in [0.25, 0.3) is 0 Å². The Hall–Kier alpha value is -1.91. The molecule has 2 rings (SSSR count). The molecule has 0 radical (unpaired) electrons. The minimum Gasteiger partial charge on any atom is -0.350 e. The van der Waals surface area contributed by atoms with Gasteiger partial charge in [-0.25, -0.2) is 0 Å². The van der Waals surface area contributed by atoms with E-state index in [9.17, 15) is 9.59 Å². The first kappa shape index (κ1) is 12.5. The van der Waals surface area contributed by atoms with E-state index in [-0.39, 0.29) is 23.8 Å². The first-order valence-corrected chi connectivity index (χ1v) is 6.07. The van der Waals surface area contributed by atoms with Crippen LogP contribution in [0.4, 0.5) is 0 Å². The maximum atomic E-state index is 12.0. The number of aromatic nitrogens is 1. The van der Waals surface area contributed by atoms with Crippen LogP contribution < -0.4 is 5.32 Å². The number of nitrogens with zero attached hydrogens (tertiary/aromatic N) is 2. The largest absolute Gasteiger partial charge is 0.350 e. The SMILES string of the molecule is CC(C)C(=O)NC1CN(C(=O)c2ccncc2)C1. The molecule has 2 amide bonds. The molecule has 1 aliphatic rings. The molecule has 1 saturated heterocycles. The minimum absolute atomic E-state index is 0.00699. The molecule has 5 heteroatoms. The van der Waals surface area contributed by atoms with Gasteiger partial charge in [-0.1, -0.05) is 13.8 Å². The van der Waals surface area contributed by atoms with E-state index in [1.54, 1.807) is 29.4 Å². The van der Waals surface area contributed by atoms with Gasteiger partial charge in [-0.15, -0.1) is 0 Å². The highest BCUT2D eigenvalue weighted by Crippen LogP contribution is 2.13. The van der Waals surface area contributed by atoms with E-state index >= 15 is 0 Å². The van der Waals surface area contributed by atoms with E-state index in [4.69, 9.17) is 0 Å². The van der Waals surface area contributed by atoms with Gasteiger partial charge in [0.05, 0.1) is 6.04 Å². The van der Waals surface area contributed by atoms with Crippen molar-refractivity contribution in [3.8, 4) is 0 Å². The summed E-state index contributed by atoms with van der Waals surface area (Å²) in [6, 6.07) is 3.48. The quantitative estimate of drug-likeness (QED) is 0.854. The fourth-order valence-corrected chi connectivity index (χ4v) is 1.78. The van der Waals surface area contributed by atoms with Gasteiger partial charge in [0, 0.05) is 37.0 Å².